The maximum atomic E-state index is 5.29. The molecule has 0 aromatic heterocycles. The van der Waals surface area contributed by atoms with E-state index in [1.165, 1.54) is 0 Å². The lowest BCUT2D eigenvalue weighted by Gasteiger charge is -2.30. The third-order valence-electron chi connectivity index (χ3n) is 5.88. The van der Waals surface area contributed by atoms with Gasteiger partial charge in [0.05, 0.1) is 21.3 Å². The molecular formula is C27H21N7O3. The lowest BCUT2D eigenvalue weighted by Crippen LogP contribution is -2.48. The number of benzene rings is 3. The summed E-state index contributed by atoms with van der Waals surface area (Å²) in [4.78, 5) is 30.1. The molecule has 37 heavy (non-hydrogen) atoms. The summed E-state index contributed by atoms with van der Waals surface area (Å²) in [5.41, 5.74) is 2.40. The van der Waals surface area contributed by atoms with Crippen LogP contribution in [0.25, 0.3) is 0 Å². The lowest BCUT2D eigenvalue weighted by molar-refractivity contribution is 0.414. The van der Waals surface area contributed by atoms with Crippen molar-refractivity contribution in [1.82, 2.24) is 4.90 Å². The monoisotopic (exact) mass is 491 g/mol. The highest BCUT2D eigenvalue weighted by molar-refractivity contribution is 6.34. The van der Waals surface area contributed by atoms with Crippen LogP contribution in [0.1, 0.15) is 16.7 Å². The van der Waals surface area contributed by atoms with Crippen molar-refractivity contribution < 1.29 is 14.2 Å². The van der Waals surface area contributed by atoms with E-state index in [1.54, 1.807) is 26.2 Å². The smallest absolute Gasteiger partial charge is 0.243 e. The first-order valence-electron chi connectivity index (χ1n) is 11.4. The zero-order valence-corrected chi connectivity index (χ0v) is 20.3. The molecule has 0 fully saturated rings. The van der Waals surface area contributed by atoms with Gasteiger partial charge in [-0.05, 0) is 72.8 Å². The Morgan fingerprint density at radius 1 is 0.405 bits per heavy atom. The molecule has 3 aromatic rings. The zero-order chi connectivity index (χ0) is 25.4. The number of rotatable bonds is 6. The van der Waals surface area contributed by atoms with Gasteiger partial charge in [0.25, 0.3) is 0 Å². The van der Waals surface area contributed by atoms with Gasteiger partial charge in [0, 0.05) is 16.7 Å². The average molecular weight is 492 g/mol. The molecule has 3 aliphatic rings. The van der Waals surface area contributed by atoms with Crippen LogP contribution in [0.15, 0.2) is 103 Å². The van der Waals surface area contributed by atoms with Gasteiger partial charge in [-0.2, -0.15) is 30.0 Å². The molecule has 0 spiro atoms. The summed E-state index contributed by atoms with van der Waals surface area (Å²) in [6, 6.07) is 22.5. The van der Waals surface area contributed by atoms with E-state index in [2.05, 4.69) is 0 Å². The molecule has 0 bridgehead atoms. The molecule has 0 unspecified atom stereocenters. The van der Waals surface area contributed by atoms with Crippen molar-refractivity contribution in [3.63, 3.8) is 0 Å². The molecule has 0 saturated heterocycles. The van der Waals surface area contributed by atoms with E-state index in [1.807, 2.05) is 72.8 Å². The SMILES string of the molecule is COc1ccc(C2=NC3=NC(c4ccc(OC)cc4)=NC4=NC(c5ccc(OC)cc5)=NC(=N2)N34)cc1. The molecule has 0 saturated carbocycles. The molecule has 10 nitrogen and oxygen atoms in total. The van der Waals surface area contributed by atoms with Crippen molar-refractivity contribution in [2.24, 2.45) is 30.0 Å². The number of methoxy groups -OCH3 is 3. The Kier molecular flexibility index (Phi) is 5.53. The van der Waals surface area contributed by atoms with Crippen LogP contribution >= 0.6 is 0 Å². The normalized spacial score (nSPS) is 15.8. The molecule has 3 aromatic carbocycles. The zero-order valence-electron chi connectivity index (χ0n) is 20.3. The average Bonchev–Trinajstić information content (AvgIpc) is 2.97. The van der Waals surface area contributed by atoms with Gasteiger partial charge in [-0.25, -0.2) is 4.90 Å². The molecule has 3 aliphatic heterocycles. The molecule has 182 valence electrons. The number of nitrogens with zero attached hydrogens (tertiary/aromatic N) is 7. The fraction of sp³-hybridized carbons (Fsp3) is 0.111. The summed E-state index contributed by atoms with van der Waals surface area (Å²) < 4.78 is 15.9. The van der Waals surface area contributed by atoms with Crippen LogP contribution in [0.3, 0.4) is 0 Å². The molecule has 3 heterocycles. The largest absolute Gasteiger partial charge is 0.497 e. The number of hydrogen-bond donors (Lipinski definition) is 0. The first-order valence-corrected chi connectivity index (χ1v) is 11.4. The molecular weight excluding hydrogens is 470 g/mol. The predicted molar refractivity (Wildman–Crippen MR) is 143 cm³/mol. The topological polar surface area (TPSA) is 105 Å². The minimum atomic E-state index is 0.382. The second-order valence-corrected chi connectivity index (χ2v) is 8.06. The molecule has 0 N–H and O–H groups in total. The second kappa shape index (κ2) is 9.15. The van der Waals surface area contributed by atoms with Crippen molar-refractivity contribution in [3.8, 4) is 17.2 Å². The predicted octanol–water partition coefficient (Wildman–Crippen LogP) is 3.76. The Bertz CT molecular complexity index is 1360. The Morgan fingerprint density at radius 2 is 0.676 bits per heavy atom. The van der Waals surface area contributed by atoms with Crippen molar-refractivity contribution in [3.05, 3.63) is 89.5 Å². The Morgan fingerprint density at radius 3 is 0.919 bits per heavy atom. The first-order chi connectivity index (χ1) is 18.1. The van der Waals surface area contributed by atoms with Gasteiger partial charge in [0.2, 0.25) is 17.9 Å². The molecule has 0 radical (unpaired) electrons. The molecule has 0 aliphatic carbocycles. The standard InChI is InChI=1S/C27H21N7O3/c1-35-19-10-4-16(5-11-19)22-28-25-30-23(17-6-12-20(36-2)13-7-17)32-27-33-24(31-26(29-22)34(25)27)18-8-14-21(37-3)15-9-18/h4-15H,1-3H3. The quantitative estimate of drug-likeness (QED) is 0.523. The summed E-state index contributed by atoms with van der Waals surface area (Å²) in [6.45, 7) is 0. The highest BCUT2D eigenvalue weighted by atomic mass is 16.5. The Labute approximate surface area is 212 Å². The van der Waals surface area contributed by atoms with E-state index in [0.717, 1.165) is 33.9 Å². The van der Waals surface area contributed by atoms with Crippen molar-refractivity contribution in [1.29, 1.82) is 0 Å². The fourth-order valence-electron chi connectivity index (χ4n) is 3.89. The van der Waals surface area contributed by atoms with E-state index in [-0.39, 0.29) is 0 Å². The Hall–Kier alpha value is -5.12. The van der Waals surface area contributed by atoms with E-state index in [0.29, 0.717) is 35.4 Å². The maximum Gasteiger partial charge on any atom is 0.243 e. The van der Waals surface area contributed by atoms with E-state index in [9.17, 15) is 0 Å². The summed E-state index contributed by atoms with van der Waals surface area (Å²) in [5, 5.41) is 0. The highest BCUT2D eigenvalue weighted by Gasteiger charge is 2.35. The summed E-state index contributed by atoms with van der Waals surface area (Å²) in [5.74, 6) is 4.79. The number of aliphatic imine (C=N–C) groups is 6. The molecule has 0 amide bonds. The van der Waals surface area contributed by atoms with Crippen LogP contribution in [0.4, 0.5) is 0 Å². The number of ether oxygens (including phenoxy) is 3. The van der Waals surface area contributed by atoms with E-state index >= 15 is 0 Å². The van der Waals surface area contributed by atoms with Crippen LogP contribution in [0.2, 0.25) is 0 Å². The highest BCUT2D eigenvalue weighted by Crippen LogP contribution is 2.24. The number of hydrogen-bond acceptors (Lipinski definition) is 10. The first kappa shape index (κ1) is 22.4. The van der Waals surface area contributed by atoms with Gasteiger partial charge in [-0.15, -0.1) is 0 Å². The number of amidine groups is 3. The summed E-state index contributed by atoms with van der Waals surface area (Å²) in [7, 11) is 4.88. The van der Waals surface area contributed by atoms with Crippen LogP contribution in [-0.2, 0) is 0 Å². The van der Waals surface area contributed by atoms with E-state index < -0.39 is 0 Å². The second-order valence-electron chi connectivity index (χ2n) is 8.06. The minimum Gasteiger partial charge on any atom is -0.497 e. The van der Waals surface area contributed by atoms with Gasteiger partial charge in [0.15, 0.2) is 17.5 Å². The number of guanidine groups is 3. The third-order valence-corrected chi connectivity index (χ3v) is 5.88. The fourth-order valence-corrected chi connectivity index (χ4v) is 3.89. The lowest BCUT2D eigenvalue weighted by atomic mass is 10.2. The third kappa shape index (κ3) is 4.14. The summed E-state index contributed by atoms with van der Waals surface area (Å²) >= 11 is 0. The van der Waals surface area contributed by atoms with Gasteiger partial charge in [-0.1, -0.05) is 0 Å². The van der Waals surface area contributed by atoms with E-state index in [4.69, 9.17) is 44.2 Å². The van der Waals surface area contributed by atoms with Crippen molar-refractivity contribution in [2.45, 2.75) is 0 Å². The van der Waals surface area contributed by atoms with Crippen LogP contribution in [-0.4, -0.2) is 61.6 Å². The minimum absolute atomic E-state index is 0.382. The Balaban J connectivity index is 1.48. The maximum absolute atomic E-state index is 5.29. The van der Waals surface area contributed by atoms with Crippen LogP contribution < -0.4 is 14.2 Å². The van der Waals surface area contributed by atoms with Crippen LogP contribution in [0.5, 0.6) is 17.2 Å². The van der Waals surface area contributed by atoms with Crippen molar-refractivity contribution >= 4 is 35.4 Å². The van der Waals surface area contributed by atoms with Gasteiger partial charge < -0.3 is 14.2 Å². The molecule has 6 rings (SSSR count). The molecule has 0 atom stereocenters. The van der Waals surface area contributed by atoms with Gasteiger partial charge >= 0.3 is 0 Å². The summed E-state index contributed by atoms with van der Waals surface area (Å²) in [6.07, 6.45) is 0. The van der Waals surface area contributed by atoms with Gasteiger partial charge in [0.1, 0.15) is 17.2 Å². The van der Waals surface area contributed by atoms with Gasteiger partial charge in [-0.3, -0.25) is 0 Å². The molecule has 10 heteroatoms. The van der Waals surface area contributed by atoms with Crippen molar-refractivity contribution in [2.75, 3.05) is 21.3 Å². The van der Waals surface area contributed by atoms with Crippen LogP contribution in [0, 0.1) is 0 Å².